The number of carbonyl (C=O) groups is 1. The minimum Gasteiger partial charge on any atom is -0.488 e. The van der Waals surface area contributed by atoms with Crippen molar-refractivity contribution >= 4 is 17.1 Å². The van der Waals surface area contributed by atoms with Crippen LogP contribution >= 0.6 is 0 Å². The summed E-state index contributed by atoms with van der Waals surface area (Å²) in [4.78, 5) is 15.2. The van der Waals surface area contributed by atoms with E-state index in [9.17, 15) is 45.0 Å². The molecule has 38 heavy (non-hydrogen) atoms. The fourth-order valence-electron chi connectivity index (χ4n) is 4.14. The Kier molecular flexibility index (Phi) is 7.18. The molecule has 0 aliphatic heterocycles. The zero-order valence-corrected chi connectivity index (χ0v) is 19.2. The van der Waals surface area contributed by atoms with Crippen LogP contribution in [-0.2, 0) is 19.0 Å². The molecule has 0 unspecified atom stereocenters. The van der Waals surface area contributed by atoms with Crippen LogP contribution in [-0.4, -0.2) is 16.1 Å². The number of hydrogen-bond donors (Lipinski definition) is 1. The summed E-state index contributed by atoms with van der Waals surface area (Å²) in [6, 6.07) is 6.23. The minimum absolute atomic E-state index is 0.0801. The van der Waals surface area contributed by atoms with E-state index >= 15 is 0 Å². The van der Waals surface area contributed by atoms with Crippen molar-refractivity contribution in [3.63, 3.8) is 0 Å². The Hall–Kier alpha value is -3.96. The molecule has 1 N–H and O–H groups in total. The molecule has 1 aliphatic carbocycles. The second-order valence-corrected chi connectivity index (χ2v) is 8.47. The molecule has 4 nitrogen and oxygen atoms in total. The third-order valence-corrected chi connectivity index (χ3v) is 5.93. The van der Waals surface area contributed by atoms with Gasteiger partial charge in [-0.1, -0.05) is 0 Å². The molecule has 3 aromatic rings. The van der Waals surface area contributed by atoms with Gasteiger partial charge in [0.15, 0.2) is 0 Å². The van der Waals surface area contributed by atoms with E-state index in [1.165, 1.54) is 0 Å². The molecule has 0 radical (unpaired) electrons. The van der Waals surface area contributed by atoms with Crippen LogP contribution < -0.4 is 4.74 Å². The number of carboxylic acid groups (broad SMARTS) is 1. The maximum atomic E-state index is 14.1. The Balaban J connectivity index is 1.85. The van der Waals surface area contributed by atoms with Crippen molar-refractivity contribution in [2.45, 2.75) is 38.2 Å². The van der Waals surface area contributed by atoms with Gasteiger partial charge in [-0.3, -0.25) is 0 Å². The van der Waals surface area contributed by atoms with E-state index in [0.717, 1.165) is 30.3 Å². The summed E-state index contributed by atoms with van der Waals surface area (Å²) in [5.74, 6) is -3.60. The van der Waals surface area contributed by atoms with Crippen LogP contribution in [0.2, 0.25) is 0 Å². The number of carboxylic acids is 1. The molecule has 0 atom stereocenters. The standard InChI is InChI=1S/C26H17F8NO3/c27-16-6-4-13(20(28)11-16)12-38-23-7-5-14(25(29,30)31)8-19(23)17-2-1-3-18(17)21-9-15(26(32,33)34)10-22(35-21)24(36)37/h4-11H,1-3,12H2,(H,36,37). The number of hydrogen-bond acceptors (Lipinski definition) is 3. The van der Waals surface area contributed by atoms with Crippen molar-refractivity contribution in [2.75, 3.05) is 0 Å². The summed E-state index contributed by atoms with van der Waals surface area (Å²) in [5, 5.41) is 9.27. The molecular formula is C26H17F8NO3. The second kappa shape index (κ2) is 10.1. The molecule has 1 aliphatic rings. The monoisotopic (exact) mass is 543 g/mol. The molecule has 1 aromatic heterocycles. The van der Waals surface area contributed by atoms with Gasteiger partial charge in [-0.2, -0.15) is 26.3 Å². The summed E-state index contributed by atoms with van der Waals surface area (Å²) < 4.78 is 114. The van der Waals surface area contributed by atoms with Gasteiger partial charge in [-0.05, 0) is 72.9 Å². The van der Waals surface area contributed by atoms with Crippen LogP contribution in [0.15, 0.2) is 48.5 Å². The topological polar surface area (TPSA) is 59.4 Å². The first-order valence-electron chi connectivity index (χ1n) is 11.1. The number of benzene rings is 2. The van der Waals surface area contributed by atoms with E-state index in [1.54, 1.807) is 0 Å². The van der Waals surface area contributed by atoms with Gasteiger partial charge in [0.1, 0.15) is 29.7 Å². The smallest absolute Gasteiger partial charge is 0.416 e. The Bertz CT molecular complexity index is 1430. The maximum Gasteiger partial charge on any atom is 0.416 e. The molecule has 0 bridgehead atoms. The highest BCUT2D eigenvalue weighted by Gasteiger charge is 2.35. The first-order valence-corrected chi connectivity index (χ1v) is 11.1. The van der Waals surface area contributed by atoms with Crippen molar-refractivity contribution in [3.05, 3.63) is 93.8 Å². The molecule has 0 spiro atoms. The van der Waals surface area contributed by atoms with Crippen molar-refractivity contribution < 1.29 is 49.8 Å². The molecule has 0 saturated carbocycles. The molecule has 1 heterocycles. The largest absolute Gasteiger partial charge is 0.488 e. The lowest BCUT2D eigenvalue weighted by Crippen LogP contribution is -2.11. The van der Waals surface area contributed by atoms with Gasteiger partial charge in [-0.25, -0.2) is 18.6 Å². The summed E-state index contributed by atoms with van der Waals surface area (Å²) in [6.07, 6.45) is -9.07. The number of nitrogens with zero attached hydrogens (tertiary/aromatic N) is 1. The van der Waals surface area contributed by atoms with Gasteiger partial charge in [0.25, 0.3) is 0 Å². The quantitative estimate of drug-likeness (QED) is 0.323. The average Bonchev–Trinajstić information content (AvgIpc) is 3.32. The maximum absolute atomic E-state index is 14.1. The highest BCUT2D eigenvalue weighted by molar-refractivity contribution is 5.95. The summed E-state index contributed by atoms with van der Waals surface area (Å²) in [6.45, 7) is -0.474. The Morgan fingerprint density at radius 2 is 1.55 bits per heavy atom. The number of aromatic carboxylic acids is 1. The molecule has 2 aromatic carbocycles. The fourth-order valence-corrected chi connectivity index (χ4v) is 4.14. The first kappa shape index (κ1) is 27.1. The zero-order valence-electron chi connectivity index (χ0n) is 19.2. The lowest BCUT2D eigenvalue weighted by molar-refractivity contribution is -0.138. The van der Waals surface area contributed by atoms with E-state index in [4.69, 9.17) is 4.74 Å². The molecule has 12 heteroatoms. The fraction of sp³-hybridized carbons (Fsp3) is 0.231. The molecular weight excluding hydrogens is 526 g/mol. The van der Waals surface area contributed by atoms with E-state index < -0.39 is 53.4 Å². The van der Waals surface area contributed by atoms with Gasteiger partial charge in [0, 0.05) is 17.2 Å². The average molecular weight is 543 g/mol. The van der Waals surface area contributed by atoms with Crippen LogP contribution in [0.1, 0.15) is 57.7 Å². The summed E-state index contributed by atoms with van der Waals surface area (Å²) >= 11 is 0. The summed E-state index contributed by atoms with van der Waals surface area (Å²) in [5.41, 5.74) is -3.40. The number of alkyl halides is 6. The third-order valence-electron chi connectivity index (χ3n) is 5.93. The minimum atomic E-state index is -4.90. The SMILES string of the molecule is O=C(O)c1cc(C(F)(F)F)cc(C2=C(c3cc(C(F)(F)F)ccc3OCc3ccc(F)cc3F)CCC2)n1. The zero-order chi connectivity index (χ0) is 27.8. The second-order valence-electron chi connectivity index (χ2n) is 8.47. The predicted octanol–water partition coefficient (Wildman–Crippen LogP) is 7.77. The number of pyridine rings is 1. The van der Waals surface area contributed by atoms with Crippen molar-refractivity contribution in [3.8, 4) is 5.75 Å². The Morgan fingerprint density at radius 1 is 0.868 bits per heavy atom. The molecule has 4 rings (SSSR count). The van der Waals surface area contributed by atoms with Gasteiger partial charge in [-0.15, -0.1) is 0 Å². The molecule has 0 amide bonds. The predicted molar refractivity (Wildman–Crippen MR) is 119 cm³/mol. The Morgan fingerprint density at radius 3 is 2.18 bits per heavy atom. The highest BCUT2D eigenvalue weighted by atomic mass is 19.4. The van der Waals surface area contributed by atoms with Crippen LogP contribution in [0.4, 0.5) is 35.1 Å². The van der Waals surface area contributed by atoms with Crippen LogP contribution in [0, 0.1) is 11.6 Å². The molecule has 200 valence electrons. The Labute approximate surface area is 210 Å². The van der Waals surface area contributed by atoms with E-state index in [-0.39, 0.29) is 46.6 Å². The highest BCUT2D eigenvalue weighted by Crippen LogP contribution is 2.45. The van der Waals surface area contributed by atoms with Crippen LogP contribution in [0.3, 0.4) is 0 Å². The van der Waals surface area contributed by atoms with Crippen LogP contribution in [0.25, 0.3) is 11.1 Å². The number of rotatable bonds is 6. The van der Waals surface area contributed by atoms with Gasteiger partial charge >= 0.3 is 18.3 Å². The van der Waals surface area contributed by atoms with Gasteiger partial charge in [0.2, 0.25) is 0 Å². The van der Waals surface area contributed by atoms with Gasteiger partial charge in [0.05, 0.1) is 16.8 Å². The van der Waals surface area contributed by atoms with E-state index in [1.807, 2.05) is 0 Å². The van der Waals surface area contributed by atoms with E-state index in [0.29, 0.717) is 24.6 Å². The number of halogens is 8. The molecule has 0 saturated heterocycles. The number of ether oxygens (including phenoxy) is 1. The third kappa shape index (κ3) is 5.79. The van der Waals surface area contributed by atoms with Crippen molar-refractivity contribution in [1.29, 1.82) is 0 Å². The van der Waals surface area contributed by atoms with Crippen LogP contribution in [0.5, 0.6) is 5.75 Å². The van der Waals surface area contributed by atoms with Gasteiger partial charge < -0.3 is 9.84 Å². The lowest BCUT2D eigenvalue weighted by atomic mass is 9.96. The number of aromatic nitrogens is 1. The lowest BCUT2D eigenvalue weighted by Gasteiger charge is -2.18. The first-order chi connectivity index (χ1) is 17.7. The van der Waals surface area contributed by atoms with Crippen molar-refractivity contribution in [2.24, 2.45) is 0 Å². The molecule has 0 fully saturated rings. The van der Waals surface area contributed by atoms with Crippen molar-refractivity contribution in [1.82, 2.24) is 4.98 Å². The normalized spacial score (nSPS) is 14.2. The van der Waals surface area contributed by atoms with E-state index in [2.05, 4.69) is 4.98 Å². The summed E-state index contributed by atoms with van der Waals surface area (Å²) in [7, 11) is 0. The number of allylic oxidation sites excluding steroid dienone is 2.